The van der Waals surface area contributed by atoms with E-state index in [1.54, 1.807) is 24.3 Å². The zero-order valence-corrected chi connectivity index (χ0v) is 10.3. The van der Waals surface area contributed by atoms with Crippen LogP contribution >= 0.6 is 23.2 Å². The van der Waals surface area contributed by atoms with Crippen LogP contribution in [0.4, 0.5) is 0 Å². The largest absolute Gasteiger partial charge is 0.487 e. The lowest BCUT2D eigenvalue weighted by molar-refractivity contribution is -0.131. The number of rotatable bonds is 5. The molecule has 1 aromatic rings. The molecule has 5 heteroatoms. The van der Waals surface area contributed by atoms with Crippen LogP contribution in [0.2, 0.25) is 0 Å². The molecule has 0 fully saturated rings. The van der Waals surface area contributed by atoms with Gasteiger partial charge in [-0.1, -0.05) is 41.4 Å². The maximum absolute atomic E-state index is 10.4. The first-order chi connectivity index (χ1) is 8.13. The second-order valence-electron chi connectivity index (χ2n) is 3.05. The Kier molecular flexibility index (Phi) is 5.60. The summed E-state index contributed by atoms with van der Waals surface area (Å²) in [5.41, 5.74) is 1.88. The highest BCUT2D eigenvalue weighted by molar-refractivity contribution is 6.36. The zero-order chi connectivity index (χ0) is 12.7. The normalized spacial score (nSPS) is 11.8. The van der Waals surface area contributed by atoms with Gasteiger partial charge in [0.2, 0.25) is 0 Å². The molecule has 0 radical (unpaired) electrons. The van der Waals surface area contributed by atoms with Crippen LogP contribution < -0.4 is 4.74 Å². The van der Waals surface area contributed by atoms with Gasteiger partial charge >= 0.3 is 5.97 Å². The van der Waals surface area contributed by atoms with E-state index in [-0.39, 0.29) is 6.61 Å². The topological polar surface area (TPSA) is 46.5 Å². The van der Waals surface area contributed by atoms with Crippen molar-refractivity contribution >= 4 is 35.2 Å². The summed E-state index contributed by atoms with van der Waals surface area (Å²) in [6, 6.07) is 7.03. The predicted octanol–water partition coefficient (Wildman–Crippen LogP) is 3.48. The molecule has 1 N–H and O–H groups in total. The Morgan fingerprint density at radius 2 is 2.12 bits per heavy atom. The molecule has 0 bridgehead atoms. The first-order valence-electron chi connectivity index (χ1n) is 4.71. The van der Waals surface area contributed by atoms with Gasteiger partial charge in [0.1, 0.15) is 12.4 Å². The van der Waals surface area contributed by atoms with Crippen molar-refractivity contribution in [2.45, 2.75) is 0 Å². The van der Waals surface area contributed by atoms with Crippen LogP contribution in [0.3, 0.4) is 0 Å². The molecular formula is C12H10Cl2O3. The third kappa shape index (κ3) is 4.93. The minimum absolute atomic E-state index is 0.142. The number of hydrogen-bond acceptors (Lipinski definition) is 2. The molecule has 0 spiro atoms. The van der Waals surface area contributed by atoms with E-state index in [1.807, 2.05) is 0 Å². The maximum Gasteiger partial charge on any atom is 0.328 e. The molecule has 0 saturated carbocycles. The fraction of sp³-hybridized carbons (Fsp3) is 0.0833. The zero-order valence-electron chi connectivity index (χ0n) is 8.77. The molecule has 0 aliphatic carbocycles. The van der Waals surface area contributed by atoms with Crippen molar-refractivity contribution in [3.05, 3.63) is 46.5 Å². The molecule has 0 atom stereocenters. The van der Waals surface area contributed by atoms with Gasteiger partial charge in [-0.25, -0.2) is 4.79 Å². The number of carboxylic acids is 1. The molecule has 1 rings (SSSR count). The molecule has 90 valence electrons. The predicted molar refractivity (Wildman–Crippen MR) is 68.4 cm³/mol. The number of benzene rings is 1. The van der Waals surface area contributed by atoms with Crippen LogP contribution in [0.1, 0.15) is 5.56 Å². The first-order valence-corrected chi connectivity index (χ1v) is 5.52. The second-order valence-corrected chi connectivity index (χ2v) is 3.76. The highest BCUT2D eigenvalue weighted by Crippen LogP contribution is 2.20. The van der Waals surface area contributed by atoms with E-state index in [0.717, 1.165) is 6.08 Å². The van der Waals surface area contributed by atoms with Crippen LogP contribution in [0.5, 0.6) is 5.75 Å². The Balaban J connectivity index is 2.81. The summed E-state index contributed by atoms with van der Waals surface area (Å²) in [4.78, 5) is 10.4. The fourth-order valence-corrected chi connectivity index (χ4v) is 1.21. The lowest BCUT2D eigenvalue weighted by Crippen LogP contribution is -1.98. The summed E-state index contributed by atoms with van der Waals surface area (Å²) in [7, 11) is 0. The average Bonchev–Trinajstić information content (AvgIpc) is 2.34. The standard InChI is InChI=1S/C12H10Cl2O3/c13-7-10(14)8-17-11-4-2-1-3-9(11)5-6-12(15)16/h1-7H,8H2,(H,15,16). The van der Waals surface area contributed by atoms with Gasteiger partial charge in [0, 0.05) is 17.2 Å². The van der Waals surface area contributed by atoms with Gasteiger partial charge in [-0.3, -0.25) is 0 Å². The van der Waals surface area contributed by atoms with E-state index in [0.29, 0.717) is 16.3 Å². The summed E-state index contributed by atoms with van der Waals surface area (Å²) in [5, 5.41) is 8.91. The van der Waals surface area contributed by atoms with Crippen LogP contribution in [-0.4, -0.2) is 17.7 Å². The quantitative estimate of drug-likeness (QED) is 0.835. The Morgan fingerprint density at radius 3 is 2.76 bits per heavy atom. The molecule has 0 unspecified atom stereocenters. The van der Waals surface area contributed by atoms with E-state index in [2.05, 4.69) is 0 Å². The molecule has 0 aliphatic heterocycles. The number of aliphatic carboxylic acids is 1. The highest BCUT2D eigenvalue weighted by atomic mass is 35.5. The maximum atomic E-state index is 10.4. The number of carbonyl (C=O) groups is 1. The SMILES string of the molecule is O=C(O)C=Cc1ccccc1OCC(Cl)=CCl. The minimum Gasteiger partial charge on any atom is -0.487 e. The molecule has 0 aromatic heterocycles. The van der Waals surface area contributed by atoms with Crippen LogP contribution in [0.15, 0.2) is 40.9 Å². The van der Waals surface area contributed by atoms with Crippen molar-refractivity contribution in [2.75, 3.05) is 6.61 Å². The van der Waals surface area contributed by atoms with Gasteiger partial charge in [-0.2, -0.15) is 0 Å². The minimum atomic E-state index is -1.02. The van der Waals surface area contributed by atoms with E-state index in [4.69, 9.17) is 33.0 Å². The summed E-state index contributed by atoms with van der Waals surface area (Å²) < 4.78 is 5.39. The van der Waals surface area contributed by atoms with E-state index >= 15 is 0 Å². The Hall–Kier alpha value is -1.45. The van der Waals surface area contributed by atoms with Gasteiger partial charge in [-0.15, -0.1) is 0 Å². The lowest BCUT2D eigenvalue weighted by Gasteiger charge is -2.07. The van der Waals surface area contributed by atoms with E-state index in [9.17, 15) is 4.79 Å². The lowest BCUT2D eigenvalue weighted by atomic mass is 10.2. The third-order valence-corrected chi connectivity index (χ3v) is 2.40. The van der Waals surface area contributed by atoms with Crippen molar-refractivity contribution in [1.82, 2.24) is 0 Å². The smallest absolute Gasteiger partial charge is 0.328 e. The van der Waals surface area contributed by atoms with Crippen LogP contribution in [-0.2, 0) is 4.79 Å². The molecule has 17 heavy (non-hydrogen) atoms. The third-order valence-electron chi connectivity index (χ3n) is 1.81. The Bertz CT molecular complexity index is 453. The molecule has 0 saturated heterocycles. The second kappa shape index (κ2) is 6.99. The summed E-state index contributed by atoms with van der Waals surface area (Å²) in [5.74, 6) is -0.472. The van der Waals surface area contributed by atoms with Gasteiger partial charge in [0.15, 0.2) is 0 Å². The number of halogens is 2. The number of hydrogen-bond donors (Lipinski definition) is 1. The van der Waals surface area contributed by atoms with Gasteiger partial charge < -0.3 is 9.84 Å². The number of para-hydroxylation sites is 1. The van der Waals surface area contributed by atoms with Crippen molar-refractivity contribution in [2.24, 2.45) is 0 Å². The molecule has 1 aromatic carbocycles. The number of carboxylic acid groups (broad SMARTS) is 1. The van der Waals surface area contributed by atoms with Gasteiger partial charge in [0.25, 0.3) is 0 Å². The monoisotopic (exact) mass is 272 g/mol. The summed E-state index contributed by atoms with van der Waals surface area (Å²) >= 11 is 11.1. The Labute approximate surface area is 109 Å². The van der Waals surface area contributed by atoms with Gasteiger partial charge in [-0.05, 0) is 12.1 Å². The van der Waals surface area contributed by atoms with E-state index < -0.39 is 5.97 Å². The molecule has 0 aliphatic rings. The van der Waals surface area contributed by atoms with Crippen molar-refractivity contribution in [3.8, 4) is 5.75 Å². The van der Waals surface area contributed by atoms with Gasteiger partial charge in [0.05, 0.1) is 5.03 Å². The van der Waals surface area contributed by atoms with Crippen LogP contribution in [0, 0.1) is 0 Å². The molecule has 0 heterocycles. The molecule has 3 nitrogen and oxygen atoms in total. The first kappa shape index (κ1) is 13.6. The van der Waals surface area contributed by atoms with Crippen molar-refractivity contribution < 1.29 is 14.6 Å². The highest BCUT2D eigenvalue weighted by Gasteiger charge is 2.01. The molecular weight excluding hydrogens is 263 g/mol. The molecule has 0 amide bonds. The summed E-state index contributed by atoms with van der Waals surface area (Å²) in [6.45, 7) is 0.142. The van der Waals surface area contributed by atoms with Crippen molar-refractivity contribution in [1.29, 1.82) is 0 Å². The average molecular weight is 273 g/mol. The fourth-order valence-electron chi connectivity index (χ4n) is 1.09. The van der Waals surface area contributed by atoms with Crippen molar-refractivity contribution in [3.63, 3.8) is 0 Å². The number of ether oxygens (including phenoxy) is 1. The van der Waals surface area contributed by atoms with Crippen LogP contribution in [0.25, 0.3) is 6.08 Å². The summed E-state index contributed by atoms with van der Waals surface area (Å²) in [6.07, 6.45) is 2.50. The Morgan fingerprint density at radius 1 is 1.41 bits per heavy atom. The van der Waals surface area contributed by atoms with E-state index in [1.165, 1.54) is 11.6 Å².